The first-order chi connectivity index (χ1) is 7.66. The first-order valence-electron chi connectivity index (χ1n) is 4.00. The van der Waals surface area contributed by atoms with E-state index in [4.69, 9.17) is 0 Å². The molecule has 1 aromatic carbocycles. The largest absolute Gasteiger partial charge is 0.423 e. The molecule has 2 N–H and O–H groups in total. The van der Waals surface area contributed by atoms with Gasteiger partial charge in [0.2, 0.25) is 0 Å². The van der Waals surface area contributed by atoms with Gasteiger partial charge in [0.25, 0.3) is 11.6 Å². The molecule has 1 aromatic rings. The number of benzene rings is 1. The van der Waals surface area contributed by atoms with E-state index in [1.54, 1.807) is 0 Å². The van der Waals surface area contributed by atoms with Crippen molar-refractivity contribution in [3.8, 4) is 0 Å². The highest BCUT2D eigenvalue weighted by Gasteiger charge is 2.43. The zero-order valence-corrected chi connectivity index (χ0v) is 7.92. The number of halogens is 4. The van der Waals surface area contributed by atoms with E-state index in [1.807, 2.05) is 0 Å². The molecule has 1 amide bonds. The van der Waals surface area contributed by atoms with E-state index in [-0.39, 0.29) is 0 Å². The molecule has 17 heavy (non-hydrogen) atoms. The van der Waals surface area contributed by atoms with Gasteiger partial charge in [-0.1, -0.05) is 0 Å². The molecular weight excluding hydrogens is 248 g/mol. The van der Waals surface area contributed by atoms with Crippen LogP contribution in [-0.4, -0.2) is 10.8 Å². The molecule has 0 saturated heterocycles. The number of carbonyl (C=O) groups excluding carboxylic acids is 1. The van der Waals surface area contributed by atoms with Crippen molar-refractivity contribution in [2.75, 3.05) is 0 Å². The van der Waals surface area contributed by atoms with Crippen LogP contribution in [0.25, 0.3) is 0 Å². The van der Waals surface area contributed by atoms with Gasteiger partial charge in [0.1, 0.15) is 11.4 Å². The Morgan fingerprint density at radius 2 is 1.88 bits per heavy atom. The van der Waals surface area contributed by atoms with Crippen LogP contribution in [0.2, 0.25) is 0 Å². The lowest BCUT2D eigenvalue weighted by atomic mass is 10.0. The topological polar surface area (TPSA) is 86.2 Å². The maximum Gasteiger partial charge on any atom is 0.423 e. The van der Waals surface area contributed by atoms with Crippen LogP contribution in [-0.2, 0) is 6.18 Å². The quantitative estimate of drug-likeness (QED) is 0.495. The molecular formula is C8H4F4N2O3. The second kappa shape index (κ2) is 4.00. The Hall–Kier alpha value is -2.19. The fourth-order valence-electron chi connectivity index (χ4n) is 1.25. The second-order valence-corrected chi connectivity index (χ2v) is 2.94. The van der Waals surface area contributed by atoms with Crippen molar-refractivity contribution in [3.63, 3.8) is 0 Å². The van der Waals surface area contributed by atoms with E-state index in [0.717, 1.165) is 0 Å². The average Bonchev–Trinajstić information content (AvgIpc) is 2.14. The minimum Gasteiger partial charge on any atom is -0.365 e. The number of hydrogen-bond acceptors (Lipinski definition) is 3. The summed E-state index contributed by atoms with van der Waals surface area (Å²) in [6.45, 7) is 0. The van der Waals surface area contributed by atoms with Crippen LogP contribution in [0.3, 0.4) is 0 Å². The molecule has 5 nitrogen and oxygen atoms in total. The SMILES string of the molecule is NC(=O)c1c(F)ccc([N+](=O)[O-])c1C(F)(F)F. The Bertz CT molecular complexity index is 498. The van der Waals surface area contributed by atoms with Crippen molar-refractivity contribution in [3.05, 3.63) is 39.2 Å². The molecule has 0 aromatic heterocycles. The molecule has 0 fully saturated rings. The third-order valence-corrected chi connectivity index (χ3v) is 1.86. The summed E-state index contributed by atoms with van der Waals surface area (Å²) in [4.78, 5) is 19.7. The van der Waals surface area contributed by atoms with Crippen LogP contribution in [0.15, 0.2) is 12.1 Å². The summed E-state index contributed by atoms with van der Waals surface area (Å²) in [5.74, 6) is -3.28. The molecule has 0 spiro atoms. The molecule has 0 aliphatic rings. The van der Waals surface area contributed by atoms with E-state index < -0.39 is 39.6 Å². The van der Waals surface area contributed by atoms with Crippen molar-refractivity contribution in [1.82, 2.24) is 0 Å². The number of nitro groups is 1. The third-order valence-electron chi connectivity index (χ3n) is 1.86. The average molecular weight is 252 g/mol. The number of primary amides is 1. The fourth-order valence-corrected chi connectivity index (χ4v) is 1.25. The first kappa shape index (κ1) is 12.9. The van der Waals surface area contributed by atoms with Crippen LogP contribution >= 0.6 is 0 Å². The molecule has 0 heterocycles. The van der Waals surface area contributed by atoms with E-state index in [0.29, 0.717) is 12.1 Å². The molecule has 0 atom stereocenters. The van der Waals surface area contributed by atoms with Crippen molar-refractivity contribution < 1.29 is 27.3 Å². The summed E-state index contributed by atoms with van der Waals surface area (Å²) < 4.78 is 50.6. The molecule has 0 radical (unpaired) electrons. The van der Waals surface area contributed by atoms with Crippen molar-refractivity contribution >= 4 is 11.6 Å². The van der Waals surface area contributed by atoms with E-state index in [2.05, 4.69) is 5.73 Å². The highest BCUT2D eigenvalue weighted by molar-refractivity contribution is 5.96. The Kier molecular flexibility index (Phi) is 3.03. The number of nitrogens with zero attached hydrogens (tertiary/aromatic N) is 1. The molecule has 92 valence electrons. The van der Waals surface area contributed by atoms with Gasteiger partial charge in [-0.15, -0.1) is 0 Å². The Labute approximate surface area is 91.0 Å². The van der Waals surface area contributed by atoms with Gasteiger partial charge < -0.3 is 5.73 Å². The standard InChI is InChI=1S/C8H4F4N2O3/c9-3-1-2-4(14(16)17)6(8(10,11)12)5(3)7(13)15/h1-2H,(H2,13,15). The highest BCUT2D eigenvalue weighted by Crippen LogP contribution is 2.39. The number of carbonyl (C=O) groups is 1. The second-order valence-electron chi connectivity index (χ2n) is 2.94. The number of amides is 1. The van der Waals surface area contributed by atoms with Crippen LogP contribution in [0.1, 0.15) is 15.9 Å². The molecule has 9 heteroatoms. The van der Waals surface area contributed by atoms with Gasteiger partial charge in [0.05, 0.1) is 10.5 Å². The molecule has 0 aliphatic carbocycles. The maximum atomic E-state index is 13.1. The van der Waals surface area contributed by atoms with Gasteiger partial charge in [-0.2, -0.15) is 13.2 Å². The van der Waals surface area contributed by atoms with Crippen molar-refractivity contribution in [2.24, 2.45) is 5.73 Å². The Morgan fingerprint density at radius 3 is 2.24 bits per heavy atom. The minimum absolute atomic E-state index is 0.324. The van der Waals surface area contributed by atoms with Crippen LogP contribution < -0.4 is 5.73 Å². The fraction of sp³-hybridized carbons (Fsp3) is 0.125. The normalized spacial score (nSPS) is 11.3. The molecule has 1 rings (SSSR count). The van der Waals surface area contributed by atoms with Gasteiger partial charge in [0.15, 0.2) is 0 Å². The summed E-state index contributed by atoms with van der Waals surface area (Å²) in [5.41, 5.74) is -0.356. The van der Waals surface area contributed by atoms with Gasteiger partial charge in [-0.3, -0.25) is 14.9 Å². The lowest BCUT2D eigenvalue weighted by Crippen LogP contribution is -2.22. The predicted molar refractivity (Wildman–Crippen MR) is 46.6 cm³/mol. The van der Waals surface area contributed by atoms with Gasteiger partial charge in [-0.25, -0.2) is 4.39 Å². The first-order valence-corrected chi connectivity index (χ1v) is 4.00. The monoisotopic (exact) mass is 252 g/mol. The molecule has 0 bridgehead atoms. The number of alkyl halides is 3. The molecule has 0 aliphatic heterocycles. The lowest BCUT2D eigenvalue weighted by Gasteiger charge is -2.11. The van der Waals surface area contributed by atoms with Crippen LogP contribution in [0.4, 0.5) is 23.2 Å². The van der Waals surface area contributed by atoms with E-state index in [9.17, 15) is 32.5 Å². The maximum absolute atomic E-state index is 13.1. The number of rotatable bonds is 2. The van der Waals surface area contributed by atoms with Crippen molar-refractivity contribution in [1.29, 1.82) is 0 Å². The Morgan fingerprint density at radius 1 is 1.35 bits per heavy atom. The summed E-state index contributed by atoms with van der Waals surface area (Å²) in [5, 5.41) is 10.4. The summed E-state index contributed by atoms with van der Waals surface area (Å²) in [6.07, 6.45) is -5.26. The van der Waals surface area contributed by atoms with E-state index in [1.165, 1.54) is 0 Å². The number of hydrogen-bond donors (Lipinski definition) is 1. The van der Waals surface area contributed by atoms with Crippen molar-refractivity contribution in [2.45, 2.75) is 6.18 Å². The lowest BCUT2D eigenvalue weighted by molar-refractivity contribution is -0.388. The number of nitro benzene ring substituents is 1. The van der Waals surface area contributed by atoms with E-state index >= 15 is 0 Å². The predicted octanol–water partition coefficient (Wildman–Crippen LogP) is 1.85. The Balaban J connectivity index is 3.75. The summed E-state index contributed by atoms with van der Waals surface area (Å²) >= 11 is 0. The third kappa shape index (κ3) is 2.32. The smallest absolute Gasteiger partial charge is 0.365 e. The minimum atomic E-state index is -5.26. The summed E-state index contributed by atoms with van der Waals surface area (Å²) in [6, 6.07) is 0.706. The van der Waals surface area contributed by atoms with Gasteiger partial charge in [-0.05, 0) is 6.07 Å². The summed E-state index contributed by atoms with van der Waals surface area (Å²) in [7, 11) is 0. The molecule has 0 saturated carbocycles. The van der Waals surface area contributed by atoms with Gasteiger partial charge in [0, 0.05) is 6.07 Å². The highest BCUT2D eigenvalue weighted by atomic mass is 19.4. The van der Waals surface area contributed by atoms with Gasteiger partial charge >= 0.3 is 6.18 Å². The zero-order chi connectivity index (χ0) is 13.4. The number of nitrogens with two attached hydrogens (primary N) is 1. The van der Waals surface area contributed by atoms with Crippen LogP contribution in [0.5, 0.6) is 0 Å². The van der Waals surface area contributed by atoms with Crippen LogP contribution in [0, 0.1) is 15.9 Å². The zero-order valence-electron chi connectivity index (χ0n) is 7.92. The molecule has 0 unspecified atom stereocenters.